The summed E-state index contributed by atoms with van der Waals surface area (Å²) < 4.78 is 1.02. The first-order chi connectivity index (χ1) is 9.81. The van der Waals surface area contributed by atoms with E-state index in [1.807, 2.05) is 42.6 Å². The molecule has 0 aliphatic heterocycles. The van der Waals surface area contributed by atoms with E-state index >= 15 is 0 Å². The highest BCUT2D eigenvalue weighted by Gasteiger charge is 2.00. The predicted octanol–water partition coefficient (Wildman–Crippen LogP) is 3.68. The average molecular weight is 328 g/mol. The summed E-state index contributed by atoms with van der Waals surface area (Å²) in [6, 6.07) is 16.3. The molecule has 0 radical (unpaired) electrons. The van der Waals surface area contributed by atoms with Gasteiger partial charge in [-0.25, -0.2) is 4.98 Å². The Morgan fingerprint density at radius 2 is 1.80 bits per heavy atom. The lowest BCUT2D eigenvalue weighted by molar-refractivity contribution is 0.679. The molecule has 3 aromatic rings. The molecule has 0 unspecified atom stereocenters. The van der Waals surface area contributed by atoms with Crippen LogP contribution >= 0.6 is 15.9 Å². The maximum atomic E-state index is 4.60. The number of halogens is 1. The molecule has 1 aromatic heterocycles. The van der Waals surface area contributed by atoms with Crippen LogP contribution in [-0.4, -0.2) is 9.97 Å². The molecule has 0 saturated carbocycles. The standard InChI is InChI=1S/C16H14BrN3/c17-13-6-7-15-16(8-13)19-11-14(20-15)10-18-9-12-4-2-1-3-5-12/h1-8,11,18H,9-10H2. The van der Waals surface area contributed by atoms with E-state index in [0.29, 0.717) is 6.54 Å². The second-order valence-electron chi connectivity index (χ2n) is 4.58. The average Bonchev–Trinajstić information content (AvgIpc) is 2.48. The van der Waals surface area contributed by atoms with E-state index < -0.39 is 0 Å². The highest BCUT2D eigenvalue weighted by atomic mass is 79.9. The van der Waals surface area contributed by atoms with Crippen LogP contribution in [0.3, 0.4) is 0 Å². The van der Waals surface area contributed by atoms with E-state index in [-0.39, 0.29) is 0 Å². The molecule has 0 spiro atoms. The zero-order valence-corrected chi connectivity index (χ0v) is 12.5. The quantitative estimate of drug-likeness (QED) is 0.794. The minimum absolute atomic E-state index is 0.716. The fraction of sp³-hybridized carbons (Fsp3) is 0.125. The molecule has 0 bridgehead atoms. The molecule has 1 heterocycles. The van der Waals surface area contributed by atoms with Crippen molar-refractivity contribution in [1.82, 2.24) is 15.3 Å². The van der Waals surface area contributed by atoms with Crippen LogP contribution in [0, 0.1) is 0 Å². The number of rotatable bonds is 4. The second kappa shape index (κ2) is 6.11. The van der Waals surface area contributed by atoms with Crippen LogP contribution in [0.1, 0.15) is 11.3 Å². The van der Waals surface area contributed by atoms with Gasteiger partial charge in [-0.1, -0.05) is 46.3 Å². The highest BCUT2D eigenvalue weighted by Crippen LogP contribution is 2.16. The SMILES string of the molecule is Brc1ccc2nc(CNCc3ccccc3)cnc2c1. The molecule has 0 saturated heterocycles. The second-order valence-corrected chi connectivity index (χ2v) is 5.50. The Morgan fingerprint density at radius 3 is 2.65 bits per heavy atom. The van der Waals surface area contributed by atoms with Gasteiger partial charge < -0.3 is 5.32 Å². The first-order valence-corrected chi connectivity index (χ1v) is 7.26. The molecule has 1 N–H and O–H groups in total. The summed E-state index contributed by atoms with van der Waals surface area (Å²) in [5, 5.41) is 3.38. The lowest BCUT2D eigenvalue weighted by Crippen LogP contribution is -2.13. The monoisotopic (exact) mass is 327 g/mol. The molecule has 3 nitrogen and oxygen atoms in total. The van der Waals surface area contributed by atoms with E-state index in [0.717, 1.165) is 27.7 Å². The van der Waals surface area contributed by atoms with Crippen molar-refractivity contribution in [2.75, 3.05) is 0 Å². The molecule has 0 atom stereocenters. The third-order valence-corrected chi connectivity index (χ3v) is 3.53. The van der Waals surface area contributed by atoms with Crippen molar-refractivity contribution in [1.29, 1.82) is 0 Å². The third kappa shape index (κ3) is 3.21. The van der Waals surface area contributed by atoms with Gasteiger partial charge in [-0.15, -0.1) is 0 Å². The first kappa shape index (κ1) is 13.2. The molecule has 0 fully saturated rings. The summed E-state index contributed by atoms with van der Waals surface area (Å²) in [6.45, 7) is 1.55. The Labute approximate surface area is 126 Å². The fourth-order valence-corrected chi connectivity index (χ4v) is 2.39. The van der Waals surface area contributed by atoms with E-state index in [9.17, 15) is 0 Å². The molecule has 2 aromatic carbocycles. The summed E-state index contributed by atoms with van der Waals surface area (Å²) in [5.41, 5.74) is 4.05. The van der Waals surface area contributed by atoms with Gasteiger partial charge in [-0.3, -0.25) is 4.98 Å². The smallest absolute Gasteiger partial charge is 0.0898 e. The zero-order valence-electron chi connectivity index (χ0n) is 10.9. The first-order valence-electron chi connectivity index (χ1n) is 6.47. The van der Waals surface area contributed by atoms with Gasteiger partial charge >= 0.3 is 0 Å². The molecular weight excluding hydrogens is 314 g/mol. The predicted molar refractivity (Wildman–Crippen MR) is 84.2 cm³/mol. The molecule has 0 aliphatic carbocycles. The number of nitrogens with zero attached hydrogens (tertiary/aromatic N) is 2. The van der Waals surface area contributed by atoms with Crippen LogP contribution < -0.4 is 5.32 Å². The third-order valence-electron chi connectivity index (χ3n) is 3.03. The highest BCUT2D eigenvalue weighted by molar-refractivity contribution is 9.10. The fourth-order valence-electron chi connectivity index (χ4n) is 2.04. The number of fused-ring (bicyclic) bond motifs is 1. The van der Waals surface area contributed by atoms with E-state index in [4.69, 9.17) is 0 Å². The maximum Gasteiger partial charge on any atom is 0.0898 e. The van der Waals surface area contributed by atoms with Crippen LogP contribution in [0.15, 0.2) is 59.2 Å². The van der Waals surface area contributed by atoms with E-state index in [1.54, 1.807) is 0 Å². The minimum atomic E-state index is 0.716. The van der Waals surface area contributed by atoms with Gasteiger partial charge in [0.15, 0.2) is 0 Å². The largest absolute Gasteiger partial charge is 0.307 e. The summed E-state index contributed by atoms with van der Waals surface area (Å²) in [5.74, 6) is 0. The molecule has 0 amide bonds. The van der Waals surface area contributed by atoms with E-state index in [1.165, 1.54) is 5.56 Å². The summed E-state index contributed by atoms with van der Waals surface area (Å²) in [7, 11) is 0. The number of nitrogens with one attached hydrogen (secondary N) is 1. The molecule has 100 valence electrons. The summed E-state index contributed by atoms with van der Waals surface area (Å²) in [4.78, 5) is 9.04. The lowest BCUT2D eigenvalue weighted by Gasteiger charge is -2.05. The van der Waals surface area contributed by atoms with Gasteiger partial charge in [0.25, 0.3) is 0 Å². The van der Waals surface area contributed by atoms with Crippen LogP contribution in [-0.2, 0) is 13.1 Å². The van der Waals surface area contributed by atoms with Crippen LogP contribution in [0.25, 0.3) is 11.0 Å². The Kier molecular flexibility index (Phi) is 4.04. The zero-order chi connectivity index (χ0) is 13.8. The number of hydrogen-bond donors (Lipinski definition) is 1. The topological polar surface area (TPSA) is 37.8 Å². The van der Waals surface area contributed by atoms with Crippen molar-refractivity contribution in [2.24, 2.45) is 0 Å². The summed E-state index contributed by atoms with van der Waals surface area (Å²) >= 11 is 3.44. The Hall–Kier alpha value is -1.78. The normalized spacial score (nSPS) is 10.8. The van der Waals surface area contributed by atoms with Crippen LogP contribution in [0.5, 0.6) is 0 Å². The number of hydrogen-bond acceptors (Lipinski definition) is 3. The Bertz CT molecular complexity index is 713. The number of aromatic nitrogens is 2. The van der Waals surface area contributed by atoms with Crippen molar-refractivity contribution in [3.05, 3.63) is 70.5 Å². The molecule has 20 heavy (non-hydrogen) atoms. The van der Waals surface area contributed by atoms with Crippen LogP contribution in [0.4, 0.5) is 0 Å². The van der Waals surface area contributed by atoms with Crippen molar-refractivity contribution < 1.29 is 0 Å². The van der Waals surface area contributed by atoms with Crippen molar-refractivity contribution in [3.8, 4) is 0 Å². The van der Waals surface area contributed by atoms with Gasteiger partial charge in [0, 0.05) is 17.6 Å². The molecular formula is C16H14BrN3. The lowest BCUT2D eigenvalue weighted by atomic mass is 10.2. The van der Waals surface area contributed by atoms with Crippen molar-refractivity contribution >= 4 is 27.0 Å². The van der Waals surface area contributed by atoms with Crippen LogP contribution in [0.2, 0.25) is 0 Å². The van der Waals surface area contributed by atoms with Gasteiger partial charge in [-0.2, -0.15) is 0 Å². The molecule has 0 aliphatic rings. The van der Waals surface area contributed by atoms with Gasteiger partial charge in [-0.05, 0) is 23.8 Å². The molecule has 4 heteroatoms. The molecule has 3 rings (SSSR count). The van der Waals surface area contributed by atoms with Gasteiger partial charge in [0.1, 0.15) is 0 Å². The van der Waals surface area contributed by atoms with E-state index in [2.05, 4.69) is 43.3 Å². The Morgan fingerprint density at radius 1 is 0.950 bits per heavy atom. The Balaban J connectivity index is 1.67. The van der Waals surface area contributed by atoms with Gasteiger partial charge in [0.05, 0.1) is 22.9 Å². The van der Waals surface area contributed by atoms with Crippen molar-refractivity contribution in [3.63, 3.8) is 0 Å². The van der Waals surface area contributed by atoms with Gasteiger partial charge in [0.2, 0.25) is 0 Å². The van der Waals surface area contributed by atoms with Crippen molar-refractivity contribution in [2.45, 2.75) is 13.1 Å². The summed E-state index contributed by atoms with van der Waals surface area (Å²) in [6.07, 6.45) is 1.83. The number of benzene rings is 2. The maximum absolute atomic E-state index is 4.60. The minimum Gasteiger partial charge on any atom is -0.307 e.